The lowest BCUT2D eigenvalue weighted by molar-refractivity contribution is 0.0974. The first-order chi connectivity index (χ1) is 5.77. The van der Waals surface area contributed by atoms with Gasteiger partial charge in [-0.25, -0.2) is 0 Å². The van der Waals surface area contributed by atoms with Crippen molar-refractivity contribution >= 4 is 11.5 Å². The molecule has 2 nitrogen and oxygen atoms in total. The summed E-state index contributed by atoms with van der Waals surface area (Å²) in [6, 6.07) is 7.93. The van der Waals surface area contributed by atoms with Crippen LogP contribution < -0.4 is 5.32 Å². The van der Waals surface area contributed by atoms with Crippen LogP contribution in [0.1, 0.15) is 23.7 Å². The van der Waals surface area contributed by atoms with E-state index in [1.807, 2.05) is 31.2 Å². The van der Waals surface area contributed by atoms with Gasteiger partial charge in [0.05, 0.1) is 0 Å². The van der Waals surface area contributed by atoms with Crippen LogP contribution in [0.5, 0.6) is 0 Å². The molecule has 0 spiro atoms. The SMILES string of the molecule is C[C@H]1CC(=O)c2ccccc2N1. The third kappa shape index (κ3) is 1.09. The van der Waals surface area contributed by atoms with Crippen molar-refractivity contribution in [1.82, 2.24) is 0 Å². The van der Waals surface area contributed by atoms with Gasteiger partial charge in [0, 0.05) is 23.7 Å². The van der Waals surface area contributed by atoms with Crippen molar-refractivity contribution in [2.45, 2.75) is 19.4 Å². The summed E-state index contributed by atoms with van der Waals surface area (Å²) in [7, 11) is 0. The van der Waals surface area contributed by atoms with E-state index in [0.29, 0.717) is 6.42 Å². The second-order valence-corrected chi connectivity index (χ2v) is 3.22. The number of ketones is 1. The Morgan fingerprint density at radius 3 is 3.00 bits per heavy atom. The van der Waals surface area contributed by atoms with Gasteiger partial charge < -0.3 is 5.32 Å². The van der Waals surface area contributed by atoms with Crippen molar-refractivity contribution in [3.63, 3.8) is 0 Å². The zero-order chi connectivity index (χ0) is 8.55. The second kappa shape index (κ2) is 2.63. The zero-order valence-electron chi connectivity index (χ0n) is 7.00. The zero-order valence-corrected chi connectivity index (χ0v) is 7.00. The Hall–Kier alpha value is -1.31. The molecule has 1 N–H and O–H groups in total. The molecule has 0 aliphatic carbocycles. The maximum atomic E-state index is 11.5. The first-order valence-corrected chi connectivity index (χ1v) is 4.16. The number of benzene rings is 1. The van der Waals surface area contributed by atoms with Gasteiger partial charge in [0.15, 0.2) is 5.78 Å². The van der Waals surface area contributed by atoms with Gasteiger partial charge in [0.1, 0.15) is 0 Å². The number of hydrogen-bond donors (Lipinski definition) is 1. The van der Waals surface area contributed by atoms with Gasteiger partial charge in [-0.05, 0) is 19.1 Å². The number of carbonyl (C=O) groups is 1. The molecular formula is C10H11NO. The lowest BCUT2D eigenvalue weighted by atomic mass is 9.98. The lowest BCUT2D eigenvalue weighted by Gasteiger charge is -2.22. The fourth-order valence-corrected chi connectivity index (χ4v) is 1.56. The minimum absolute atomic E-state index is 0.247. The van der Waals surface area contributed by atoms with Crippen LogP contribution in [0.15, 0.2) is 24.3 Å². The molecule has 0 radical (unpaired) electrons. The van der Waals surface area contributed by atoms with E-state index in [2.05, 4.69) is 5.32 Å². The fourth-order valence-electron chi connectivity index (χ4n) is 1.56. The molecule has 1 atom stereocenters. The molecule has 1 heterocycles. The van der Waals surface area contributed by atoms with Crippen molar-refractivity contribution in [3.05, 3.63) is 29.8 Å². The van der Waals surface area contributed by atoms with Crippen LogP contribution in [0.25, 0.3) is 0 Å². The molecule has 12 heavy (non-hydrogen) atoms. The highest BCUT2D eigenvalue weighted by Gasteiger charge is 2.20. The molecule has 1 aromatic carbocycles. The number of fused-ring (bicyclic) bond motifs is 1. The molecular weight excluding hydrogens is 150 g/mol. The van der Waals surface area contributed by atoms with Crippen molar-refractivity contribution in [1.29, 1.82) is 0 Å². The van der Waals surface area contributed by atoms with E-state index in [1.54, 1.807) is 0 Å². The van der Waals surface area contributed by atoms with Gasteiger partial charge in [-0.1, -0.05) is 12.1 Å². The highest BCUT2D eigenvalue weighted by atomic mass is 16.1. The van der Waals surface area contributed by atoms with Gasteiger partial charge in [0.25, 0.3) is 0 Å². The van der Waals surface area contributed by atoms with Crippen LogP contribution in [0.3, 0.4) is 0 Å². The second-order valence-electron chi connectivity index (χ2n) is 3.22. The maximum Gasteiger partial charge on any atom is 0.166 e. The lowest BCUT2D eigenvalue weighted by Crippen LogP contribution is -2.26. The van der Waals surface area contributed by atoms with Gasteiger partial charge in [0.2, 0.25) is 0 Å². The number of anilines is 1. The van der Waals surface area contributed by atoms with E-state index in [4.69, 9.17) is 0 Å². The van der Waals surface area contributed by atoms with E-state index < -0.39 is 0 Å². The number of carbonyl (C=O) groups excluding carboxylic acids is 1. The molecule has 0 fully saturated rings. The number of hydrogen-bond acceptors (Lipinski definition) is 2. The normalized spacial score (nSPS) is 21.4. The Labute approximate surface area is 71.6 Å². The molecule has 62 valence electrons. The molecule has 2 rings (SSSR count). The summed E-state index contributed by atoms with van der Waals surface area (Å²) in [6.45, 7) is 2.02. The first-order valence-electron chi connectivity index (χ1n) is 4.16. The van der Waals surface area contributed by atoms with Crippen LogP contribution in [0, 0.1) is 0 Å². The summed E-state index contributed by atoms with van der Waals surface area (Å²) in [6.07, 6.45) is 0.608. The van der Waals surface area contributed by atoms with Crippen molar-refractivity contribution in [2.75, 3.05) is 5.32 Å². The molecule has 0 unspecified atom stereocenters. The highest BCUT2D eigenvalue weighted by Crippen LogP contribution is 2.23. The largest absolute Gasteiger partial charge is 0.382 e. The third-order valence-corrected chi connectivity index (χ3v) is 2.12. The molecule has 2 heteroatoms. The molecule has 0 saturated heterocycles. The van der Waals surface area contributed by atoms with Crippen molar-refractivity contribution in [2.24, 2.45) is 0 Å². The van der Waals surface area contributed by atoms with Crippen LogP contribution in [-0.2, 0) is 0 Å². The third-order valence-electron chi connectivity index (χ3n) is 2.12. The Balaban J connectivity index is 2.47. The number of rotatable bonds is 0. The topological polar surface area (TPSA) is 29.1 Å². The van der Waals surface area contributed by atoms with Gasteiger partial charge in [-0.3, -0.25) is 4.79 Å². The molecule has 1 aliphatic rings. The maximum absolute atomic E-state index is 11.5. The van der Waals surface area contributed by atoms with Gasteiger partial charge in [-0.2, -0.15) is 0 Å². The first kappa shape index (κ1) is 7.35. The fraction of sp³-hybridized carbons (Fsp3) is 0.300. The summed E-state index contributed by atoms with van der Waals surface area (Å²) >= 11 is 0. The minimum atomic E-state index is 0.247. The summed E-state index contributed by atoms with van der Waals surface area (Å²) < 4.78 is 0. The van der Waals surface area contributed by atoms with Crippen LogP contribution in [0.2, 0.25) is 0 Å². The predicted octanol–water partition coefficient (Wildman–Crippen LogP) is 2.07. The average Bonchev–Trinajstić information content (AvgIpc) is 2.04. The standard InChI is InChI=1S/C10H11NO/c1-7-6-10(12)8-4-2-3-5-9(8)11-7/h2-5,7,11H,6H2,1H3/t7-/m0/s1. The summed E-state index contributed by atoms with van der Waals surface area (Å²) in [5.74, 6) is 0.247. The molecule has 0 amide bonds. The smallest absolute Gasteiger partial charge is 0.166 e. The molecule has 1 aromatic rings. The van der Waals surface area contributed by atoms with Crippen LogP contribution in [0.4, 0.5) is 5.69 Å². The van der Waals surface area contributed by atoms with E-state index in [1.165, 1.54) is 0 Å². The Morgan fingerprint density at radius 2 is 2.17 bits per heavy atom. The molecule has 0 aromatic heterocycles. The Morgan fingerprint density at radius 1 is 1.42 bits per heavy atom. The molecule has 0 saturated carbocycles. The highest BCUT2D eigenvalue weighted by molar-refractivity contribution is 6.03. The summed E-state index contributed by atoms with van der Waals surface area (Å²) in [5.41, 5.74) is 1.80. The van der Waals surface area contributed by atoms with E-state index >= 15 is 0 Å². The van der Waals surface area contributed by atoms with E-state index in [0.717, 1.165) is 11.3 Å². The van der Waals surface area contributed by atoms with Gasteiger partial charge in [-0.15, -0.1) is 0 Å². The summed E-state index contributed by atoms with van der Waals surface area (Å²) in [5, 5.41) is 3.27. The van der Waals surface area contributed by atoms with Crippen LogP contribution in [-0.4, -0.2) is 11.8 Å². The van der Waals surface area contributed by atoms with Crippen molar-refractivity contribution in [3.8, 4) is 0 Å². The predicted molar refractivity (Wildman–Crippen MR) is 48.5 cm³/mol. The minimum Gasteiger partial charge on any atom is -0.382 e. The number of Topliss-reactive ketones (excluding diaryl/α,β-unsaturated/α-hetero) is 1. The monoisotopic (exact) mass is 161 g/mol. The van der Waals surface area contributed by atoms with E-state index in [9.17, 15) is 4.79 Å². The quantitative estimate of drug-likeness (QED) is 0.631. The Bertz CT molecular complexity index is 319. The number of nitrogens with one attached hydrogen (secondary N) is 1. The van der Waals surface area contributed by atoms with Crippen LogP contribution >= 0.6 is 0 Å². The summed E-state index contributed by atoms with van der Waals surface area (Å²) in [4.78, 5) is 11.5. The molecule has 1 aliphatic heterocycles. The van der Waals surface area contributed by atoms with Gasteiger partial charge >= 0.3 is 0 Å². The Kier molecular flexibility index (Phi) is 1.61. The average molecular weight is 161 g/mol. The van der Waals surface area contributed by atoms with E-state index in [-0.39, 0.29) is 11.8 Å². The van der Waals surface area contributed by atoms with Crippen molar-refractivity contribution < 1.29 is 4.79 Å². The number of para-hydroxylation sites is 1. The molecule has 0 bridgehead atoms.